The van der Waals surface area contributed by atoms with Gasteiger partial charge in [0.05, 0.1) is 5.56 Å². The monoisotopic (exact) mass is 284 g/mol. The summed E-state index contributed by atoms with van der Waals surface area (Å²) in [4.78, 5) is 23.0. The molecule has 1 amide bonds. The molecule has 1 rings (SSSR count). The first-order valence-electron chi connectivity index (χ1n) is 6.03. The molecule has 7 heteroatoms. The van der Waals surface area contributed by atoms with Gasteiger partial charge in [-0.25, -0.2) is 9.18 Å². The number of carboxylic acids is 1. The van der Waals surface area contributed by atoms with E-state index in [9.17, 15) is 14.0 Å². The van der Waals surface area contributed by atoms with E-state index in [0.29, 0.717) is 13.0 Å². The average Bonchev–Trinajstić information content (AvgIpc) is 2.40. The van der Waals surface area contributed by atoms with Crippen molar-refractivity contribution in [3.05, 3.63) is 29.6 Å². The van der Waals surface area contributed by atoms with Gasteiger partial charge in [0.15, 0.2) is 0 Å². The molecule has 0 saturated carbocycles. The predicted molar refractivity (Wildman–Crippen MR) is 70.8 cm³/mol. The van der Waals surface area contributed by atoms with Crippen LogP contribution in [0.25, 0.3) is 0 Å². The van der Waals surface area contributed by atoms with E-state index in [2.05, 4.69) is 5.32 Å². The summed E-state index contributed by atoms with van der Waals surface area (Å²) >= 11 is 0. The summed E-state index contributed by atoms with van der Waals surface area (Å²) in [6.07, 6.45) is 0.691. The first-order valence-corrected chi connectivity index (χ1v) is 6.03. The smallest absolute Gasteiger partial charge is 0.326 e. The Balaban J connectivity index is 2.75. The maximum atomic E-state index is 13.1. The summed E-state index contributed by atoms with van der Waals surface area (Å²) < 4.78 is 17.9. The molecule has 0 fully saturated rings. The molecule has 1 aromatic rings. The number of nitrogens with two attached hydrogens (primary N) is 1. The average molecular weight is 284 g/mol. The van der Waals surface area contributed by atoms with Gasteiger partial charge >= 0.3 is 5.97 Å². The molecule has 0 aliphatic rings. The zero-order valence-corrected chi connectivity index (χ0v) is 11.1. The van der Waals surface area contributed by atoms with Gasteiger partial charge in [0.25, 0.3) is 5.91 Å². The number of rotatable bonds is 7. The molecule has 1 unspecified atom stereocenters. The highest BCUT2D eigenvalue weighted by Crippen LogP contribution is 2.13. The topological polar surface area (TPSA) is 102 Å². The minimum atomic E-state index is -1.16. The number of nitrogen functional groups attached to an aromatic ring is 1. The molecule has 0 aliphatic carbocycles. The second kappa shape index (κ2) is 7.44. The number of hydrogen-bond acceptors (Lipinski definition) is 4. The van der Waals surface area contributed by atoms with Gasteiger partial charge in [-0.3, -0.25) is 4.79 Å². The maximum Gasteiger partial charge on any atom is 0.326 e. The molecule has 110 valence electrons. The van der Waals surface area contributed by atoms with E-state index < -0.39 is 23.7 Å². The van der Waals surface area contributed by atoms with Gasteiger partial charge in [-0.15, -0.1) is 0 Å². The van der Waals surface area contributed by atoms with Crippen molar-refractivity contribution in [2.24, 2.45) is 0 Å². The molecule has 1 atom stereocenters. The summed E-state index contributed by atoms with van der Waals surface area (Å²) in [6, 6.07) is 2.28. The van der Waals surface area contributed by atoms with Gasteiger partial charge in [0.1, 0.15) is 11.9 Å². The lowest BCUT2D eigenvalue weighted by Gasteiger charge is -2.15. The van der Waals surface area contributed by atoms with Crippen LogP contribution in [0.1, 0.15) is 23.2 Å². The minimum absolute atomic E-state index is 0.0806. The number of methoxy groups -OCH3 is 1. The molecule has 6 nitrogen and oxygen atoms in total. The van der Waals surface area contributed by atoms with Crippen LogP contribution in [0.15, 0.2) is 18.2 Å². The van der Waals surface area contributed by atoms with Gasteiger partial charge in [0, 0.05) is 19.4 Å². The Morgan fingerprint density at radius 1 is 1.50 bits per heavy atom. The van der Waals surface area contributed by atoms with E-state index in [1.54, 1.807) is 0 Å². The quantitative estimate of drug-likeness (QED) is 0.512. The third-order valence-corrected chi connectivity index (χ3v) is 2.70. The van der Waals surface area contributed by atoms with Crippen LogP contribution in [0.2, 0.25) is 0 Å². The van der Waals surface area contributed by atoms with E-state index in [4.69, 9.17) is 15.6 Å². The molecular formula is C13H17FN2O4. The number of carbonyl (C=O) groups excluding carboxylic acids is 1. The summed E-state index contributed by atoms with van der Waals surface area (Å²) in [5, 5.41) is 11.4. The highest BCUT2D eigenvalue weighted by molar-refractivity contribution is 6.00. The van der Waals surface area contributed by atoms with Crippen LogP contribution < -0.4 is 11.1 Å². The molecule has 0 saturated heterocycles. The third-order valence-electron chi connectivity index (χ3n) is 2.70. The van der Waals surface area contributed by atoms with Gasteiger partial charge in [0.2, 0.25) is 0 Å². The predicted octanol–water partition coefficient (Wildman–Crippen LogP) is 1.02. The van der Waals surface area contributed by atoms with Gasteiger partial charge in [-0.05, 0) is 31.0 Å². The van der Waals surface area contributed by atoms with Crippen LogP contribution in [0.4, 0.5) is 10.1 Å². The summed E-state index contributed by atoms with van der Waals surface area (Å²) in [6.45, 7) is 0.391. The molecule has 20 heavy (non-hydrogen) atoms. The van der Waals surface area contributed by atoms with E-state index in [1.165, 1.54) is 13.2 Å². The van der Waals surface area contributed by atoms with Crippen LogP contribution >= 0.6 is 0 Å². The normalized spacial score (nSPS) is 11.9. The van der Waals surface area contributed by atoms with Crippen molar-refractivity contribution in [1.29, 1.82) is 0 Å². The Morgan fingerprint density at radius 3 is 2.80 bits per heavy atom. The van der Waals surface area contributed by atoms with Crippen molar-refractivity contribution in [3.8, 4) is 0 Å². The number of amides is 1. The molecule has 0 radical (unpaired) electrons. The first kappa shape index (κ1) is 15.9. The SMILES string of the molecule is COCCCC(NC(=O)c1cc(F)ccc1N)C(=O)O. The van der Waals surface area contributed by atoms with E-state index in [-0.39, 0.29) is 17.7 Å². The Hall–Kier alpha value is -2.15. The Morgan fingerprint density at radius 2 is 2.20 bits per heavy atom. The summed E-state index contributed by atoms with van der Waals surface area (Å²) in [5.74, 6) is -2.49. The van der Waals surface area contributed by atoms with Crippen LogP contribution in [-0.4, -0.2) is 36.7 Å². The second-order valence-corrected chi connectivity index (χ2v) is 4.23. The van der Waals surface area contributed by atoms with Crippen LogP contribution in [0.3, 0.4) is 0 Å². The number of carbonyl (C=O) groups is 2. The van der Waals surface area contributed by atoms with Crippen molar-refractivity contribution in [1.82, 2.24) is 5.32 Å². The lowest BCUT2D eigenvalue weighted by Crippen LogP contribution is -2.41. The van der Waals surface area contributed by atoms with Crippen molar-refractivity contribution in [3.63, 3.8) is 0 Å². The number of hydrogen-bond donors (Lipinski definition) is 3. The van der Waals surface area contributed by atoms with E-state index >= 15 is 0 Å². The first-order chi connectivity index (χ1) is 9.45. The Kier molecular flexibility index (Phi) is 5.92. The van der Waals surface area contributed by atoms with Crippen molar-refractivity contribution in [2.75, 3.05) is 19.5 Å². The lowest BCUT2D eigenvalue weighted by molar-refractivity contribution is -0.139. The fourth-order valence-corrected chi connectivity index (χ4v) is 1.65. The molecule has 0 aromatic heterocycles. The number of aliphatic carboxylic acids is 1. The number of nitrogens with one attached hydrogen (secondary N) is 1. The van der Waals surface area contributed by atoms with Crippen molar-refractivity contribution in [2.45, 2.75) is 18.9 Å². The lowest BCUT2D eigenvalue weighted by atomic mass is 10.1. The van der Waals surface area contributed by atoms with Crippen LogP contribution in [0.5, 0.6) is 0 Å². The molecule has 0 aliphatic heterocycles. The van der Waals surface area contributed by atoms with E-state index in [0.717, 1.165) is 12.1 Å². The van der Waals surface area contributed by atoms with Crippen LogP contribution in [0, 0.1) is 5.82 Å². The Bertz CT molecular complexity index is 493. The van der Waals surface area contributed by atoms with E-state index in [1.807, 2.05) is 0 Å². The van der Waals surface area contributed by atoms with Gasteiger partial charge in [-0.1, -0.05) is 0 Å². The van der Waals surface area contributed by atoms with Gasteiger partial charge < -0.3 is 20.9 Å². The second-order valence-electron chi connectivity index (χ2n) is 4.23. The zero-order chi connectivity index (χ0) is 15.1. The standard InChI is InChI=1S/C13H17FN2O4/c1-20-6-2-3-11(13(18)19)16-12(17)9-7-8(14)4-5-10(9)15/h4-5,7,11H,2-3,6,15H2,1H3,(H,16,17)(H,18,19). The number of carboxylic acid groups (broad SMARTS) is 1. The summed E-state index contributed by atoms with van der Waals surface area (Å²) in [5.41, 5.74) is 5.58. The fraction of sp³-hybridized carbons (Fsp3) is 0.385. The molecule has 4 N–H and O–H groups in total. The van der Waals surface area contributed by atoms with Crippen molar-refractivity contribution >= 4 is 17.6 Å². The van der Waals surface area contributed by atoms with Crippen molar-refractivity contribution < 1.29 is 23.8 Å². The highest BCUT2D eigenvalue weighted by Gasteiger charge is 2.21. The molecule has 0 heterocycles. The molecular weight excluding hydrogens is 267 g/mol. The Labute approximate surface area is 115 Å². The number of halogens is 1. The molecule has 0 spiro atoms. The number of benzene rings is 1. The number of anilines is 1. The minimum Gasteiger partial charge on any atom is -0.480 e. The summed E-state index contributed by atoms with van der Waals surface area (Å²) in [7, 11) is 1.50. The van der Waals surface area contributed by atoms with Crippen LogP contribution in [-0.2, 0) is 9.53 Å². The largest absolute Gasteiger partial charge is 0.480 e. The molecule has 1 aromatic carbocycles. The molecule has 0 bridgehead atoms. The maximum absolute atomic E-state index is 13.1. The van der Waals surface area contributed by atoms with Gasteiger partial charge in [-0.2, -0.15) is 0 Å². The fourth-order valence-electron chi connectivity index (χ4n) is 1.65. The highest BCUT2D eigenvalue weighted by atomic mass is 19.1. The third kappa shape index (κ3) is 4.51. The number of ether oxygens (including phenoxy) is 1. The zero-order valence-electron chi connectivity index (χ0n) is 11.1.